The zero-order chi connectivity index (χ0) is 9.68. The summed E-state index contributed by atoms with van der Waals surface area (Å²) >= 11 is 0. The minimum Gasteiger partial charge on any atom is -0.396 e. The van der Waals surface area contributed by atoms with E-state index >= 15 is 0 Å². The molecule has 0 saturated carbocycles. The van der Waals surface area contributed by atoms with E-state index in [0.29, 0.717) is 6.61 Å². The van der Waals surface area contributed by atoms with Crippen LogP contribution in [0.1, 0.15) is 29.5 Å². The highest BCUT2D eigenvalue weighted by molar-refractivity contribution is 5.33. The van der Waals surface area contributed by atoms with Crippen molar-refractivity contribution in [2.24, 2.45) is 0 Å². The molecular formula is C12H18O. The second kappa shape index (κ2) is 5.03. The van der Waals surface area contributed by atoms with Crippen LogP contribution in [0, 0.1) is 13.8 Å². The van der Waals surface area contributed by atoms with E-state index in [9.17, 15) is 0 Å². The van der Waals surface area contributed by atoms with Gasteiger partial charge >= 0.3 is 0 Å². The molecule has 0 aliphatic heterocycles. The van der Waals surface area contributed by atoms with Gasteiger partial charge in [0.05, 0.1) is 0 Å². The summed E-state index contributed by atoms with van der Waals surface area (Å²) in [7, 11) is 0. The van der Waals surface area contributed by atoms with Crippen molar-refractivity contribution < 1.29 is 5.11 Å². The quantitative estimate of drug-likeness (QED) is 0.703. The first-order chi connectivity index (χ1) is 6.25. The highest BCUT2D eigenvalue weighted by Gasteiger charge is 2.00. The van der Waals surface area contributed by atoms with E-state index in [1.807, 2.05) is 0 Å². The average molecular weight is 178 g/mol. The first kappa shape index (κ1) is 10.3. The summed E-state index contributed by atoms with van der Waals surface area (Å²) in [5, 5.41) is 8.68. The molecule has 0 fully saturated rings. The van der Waals surface area contributed by atoms with Gasteiger partial charge in [-0.3, -0.25) is 0 Å². The molecule has 13 heavy (non-hydrogen) atoms. The predicted molar refractivity (Wildman–Crippen MR) is 55.9 cm³/mol. The van der Waals surface area contributed by atoms with Crippen LogP contribution in [0.25, 0.3) is 0 Å². The molecule has 0 radical (unpaired) electrons. The summed E-state index contributed by atoms with van der Waals surface area (Å²) in [5.74, 6) is 0. The summed E-state index contributed by atoms with van der Waals surface area (Å²) in [6, 6.07) is 6.41. The van der Waals surface area contributed by atoms with Crippen molar-refractivity contribution in [3.8, 4) is 0 Å². The molecule has 0 aliphatic rings. The number of unbranched alkanes of at least 4 members (excludes halogenated alkanes) is 1. The monoisotopic (exact) mass is 178 g/mol. The van der Waals surface area contributed by atoms with E-state index in [1.54, 1.807) is 0 Å². The molecule has 0 unspecified atom stereocenters. The molecular weight excluding hydrogens is 160 g/mol. The number of benzene rings is 1. The smallest absolute Gasteiger partial charge is 0.0431 e. The summed E-state index contributed by atoms with van der Waals surface area (Å²) < 4.78 is 0. The van der Waals surface area contributed by atoms with Gasteiger partial charge in [0.15, 0.2) is 0 Å². The summed E-state index contributed by atoms with van der Waals surface area (Å²) in [5.41, 5.74) is 4.20. The lowest BCUT2D eigenvalue weighted by molar-refractivity contribution is 0.284. The number of hydrogen-bond acceptors (Lipinski definition) is 1. The van der Waals surface area contributed by atoms with Gasteiger partial charge in [-0.25, -0.2) is 0 Å². The maximum Gasteiger partial charge on any atom is 0.0431 e. The summed E-state index contributed by atoms with van der Waals surface area (Å²) in [6.45, 7) is 4.62. The number of hydrogen-bond donors (Lipinski definition) is 1. The van der Waals surface area contributed by atoms with Crippen LogP contribution < -0.4 is 0 Å². The molecule has 0 amide bonds. The van der Waals surface area contributed by atoms with Gasteiger partial charge in [-0.15, -0.1) is 0 Å². The molecule has 0 saturated heterocycles. The van der Waals surface area contributed by atoms with Crippen LogP contribution in [-0.2, 0) is 6.42 Å². The maximum atomic E-state index is 8.68. The highest BCUT2D eigenvalue weighted by Crippen LogP contribution is 2.15. The van der Waals surface area contributed by atoms with Crippen LogP contribution in [0.15, 0.2) is 18.2 Å². The van der Waals surface area contributed by atoms with Gasteiger partial charge in [0.1, 0.15) is 0 Å². The first-order valence-corrected chi connectivity index (χ1v) is 4.91. The fourth-order valence-corrected chi connectivity index (χ4v) is 1.66. The van der Waals surface area contributed by atoms with Crippen LogP contribution in [0.2, 0.25) is 0 Å². The van der Waals surface area contributed by atoms with Crippen LogP contribution in [0.4, 0.5) is 0 Å². The Morgan fingerprint density at radius 3 is 2.23 bits per heavy atom. The molecule has 1 aromatic rings. The minimum absolute atomic E-state index is 0.310. The van der Waals surface area contributed by atoms with Crippen molar-refractivity contribution >= 4 is 0 Å². The molecule has 0 spiro atoms. The van der Waals surface area contributed by atoms with E-state index in [4.69, 9.17) is 5.11 Å². The molecule has 0 aromatic heterocycles. The molecule has 0 atom stereocenters. The largest absolute Gasteiger partial charge is 0.396 e. The van der Waals surface area contributed by atoms with Crippen LogP contribution >= 0.6 is 0 Å². The van der Waals surface area contributed by atoms with Gasteiger partial charge in [0.25, 0.3) is 0 Å². The molecule has 72 valence electrons. The van der Waals surface area contributed by atoms with Crippen LogP contribution in [0.3, 0.4) is 0 Å². The number of rotatable bonds is 4. The molecule has 1 nitrogen and oxygen atoms in total. The van der Waals surface area contributed by atoms with Crippen molar-refractivity contribution in [2.45, 2.75) is 33.1 Å². The van der Waals surface area contributed by atoms with Gasteiger partial charge in [0, 0.05) is 6.61 Å². The Balaban J connectivity index is 2.64. The normalized spacial score (nSPS) is 10.4. The third kappa shape index (κ3) is 2.85. The second-order valence-electron chi connectivity index (χ2n) is 3.55. The molecule has 1 N–H and O–H groups in total. The fraction of sp³-hybridized carbons (Fsp3) is 0.500. The number of aliphatic hydroxyl groups is 1. The van der Waals surface area contributed by atoms with Crippen molar-refractivity contribution in [2.75, 3.05) is 6.61 Å². The van der Waals surface area contributed by atoms with Gasteiger partial charge in [-0.2, -0.15) is 0 Å². The van der Waals surface area contributed by atoms with Gasteiger partial charge in [-0.1, -0.05) is 18.2 Å². The molecule has 0 bridgehead atoms. The van der Waals surface area contributed by atoms with Crippen LogP contribution in [-0.4, -0.2) is 11.7 Å². The van der Waals surface area contributed by atoms with Gasteiger partial charge in [0.2, 0.25) is 0 Å². The Bertz CT molecular complexity index is 246. The fourth-order valence-electron chi connectivity index (χ4n) is 1.66. The van der Waals surface area contributed by atoms with E-state index < -0.39 is 0 Å². The number of aryl methyl sites for hydroxylation is 2. The molecule has 0 heterocycles. The Morgan fingerprint density at radius 1 is 1.08 bits per heavy atom. The Kier molecular flexibility index (Phi) is 3.97. The second-order valence-corrected chi connectivity index (χ2v) is 3.55. The van der Waals surface area contributed by atoms with Crippen molar-refractivity contribution in [3.05, 3.63) is 34.9 Å². The predicted octanol–water partition coefficient (Wildman–Crippen LogP) is 2.62. The van der Waals surface area contributed by atoms with Crippen molar-refractivity contribution in [1.82, 2.24) is 0 Å². The standard InChI is InChI=1S/C12H18O/c1-10-6-5-7-11(2)12(10)8-3-4-9-13/h5-7,13H,3-4,8-9H2,1-2H3. The van der Waals surface area contributed by atoms with E-state index in [-0.39, 0.29) is 0 Å². The minimum atomic E-state index is 0.310. The molecule has 0 aliphatic carbocycles. The molecule has 1 rings (SSSR count). The Hall–Kier alpha value is -0.820. The number of aliphatic hydroxyl groups excluding tert-OH is 1. The van der Waals surface area contributed by atoms with Gasteiger partial charge in [-0.05, 0) is 49.8 Å². The summed E-state index contributed by atoms with van der Waals surface area (Å²) in [6.07, 6.45) is 3.09. The van der Waals surface area contributed by atoms with E-state index in [2.05, 4.69) is 32.0 Å². The maximum absolute atomic E-state index is 8.68. The topological polar surface area (TPSA) is 20.2 Å². The molecule has 1 heteroatoms. The zero-order valence-electron chi connectivity index (χ0n) is 8.51. The third-order valence-electron chi connectivity index (χ3n) is 2.48. The summed E-state index contributed by atoms with van der Waals surface area (Å²) in [4.78, 5) is 0. The lowest BCUT2D eigenvalue weighted by atomic mass is 9.98. The zero-order valence-corrected chi connectivity index (χ0v) is 8.51. The van der Waals surface area contributed by atoms with Crippen LogP contribution in [0.5, 0.6) is 0 Å². The highest BCUT2D eigenvalue weighted by atomic mass is 16.2. The Morgan fingerprint density at radius 2 is 1.69 bits per heavy atom. The van der Waals surface area contributed by atoms with E-state index in [0.717, 1.165) is 19.3 Å². The average Bonchev–Trinajstić information content (AvgIpc) is 2.10. The third-order valence-corrected chi connectivity index (χ3v) is 2.48. The SMILES string of the molecule is Cc1cccc(C)c1CCCCO. The molecule has 1 aromatic carbocycles. The van der Waals surface area contributed by atoms with Gasteiger partial charge < -0.3 is 5.11 Å². The van der Waals surface area contributed by atoms with E-state index in [1.165, 1.54) is 16.7 Å². The lowest BCUT2D eigenvalue weighted by Gasteiger charge is -2.08. The first-order valence-electron chi connectivity index (χ1n) is 4.91. The van der Waals surface area contributed by atoms with Crippen molar-refractivity contribution in [1.29, 1.82) is 0 Å². The lowest BCUT2D eigenvalue weighted by Crippen LogP contribution is -1.94. The van der Waals surface area contributed by atoms with Crippen molar-refractivity contribution in [3.63, 3.8) is 0 Å². The Labute approximate surface area is 80.4 Å².